The van der Waals surface area contributed by atoms with Crippen LogP contribution in [0.5, 0.6) is 0 Å². The molecule has 0 aromatic heterocycles. The number of hydrogen-bond acceptors (Lipinski definition) is 2. The van der Waals surface area contributed by atoms with E-state index in [1.807, 2.05) is 0 Å². The van der Waals surface area contributed by atoms with Crippen molar-refractivity contribution in [1.29, 1.82) is 0 Å². The van der Waals surface area contributed by atoms with Crippen molar-refractivity contribution in [3.63, 3.8) is 0 Å². The van der Waals surface area contributed by atoms with Crippen LogP contribution in [0.25, 0.3) is 0 Å². The predicted molar refractivity (Wildman–Crippen MR) is 73.3 cm³/mol. The summed E-state index contributed by atoms with van der Waals surface area (Å²) in [6.07, 6.45) is 10.5. The summed E-state index contributed by atoms with van der Waals surface area (Å²) in [4.78, 5) is 10.6. The van der Waals surface area contributed by atoms with Crippen molar-refractivity contribution in [3.8, 4) is 0 Å². The second-order valence-corrected chi connectivity index (χ2v) is 5.41. The Kier molecular flexibility index (Phi) is 11.8. The molecule has 2 heteroatoms. The molecule has 0 bridgehead atoms. The zero-order chi connectivity index (χ0) is 12.9. The summed E-state index contributed by atoms with van der Waals surface area (Å²) in [5.41, 5.74) is 0. The summed E-state index contributed by atoms with van der Waals surface area (Å²) in [7, 11) is 0. The average molecular weight is 242 g/mol. The van der Waals surface area contributed by atoms with Gasteiger partial charge in [0.1, 0.15) is 6.61 Å². The van der Waals surface area contributed by atoms with E-state index in [0.29, 0.717) is 0 Å². The molecule has 102 valence electrons. The van der Waals surface area contributed by atoms with Gasteiger partial charge in [0, 0.05) is 6.61 Å². The second-order valence-electron chi connectivity index (χ2n) is 5.41. The topological polar surface area (TPSA) is 26.3 Å². The fourth-order valence-electron chi connectivity index (χ4n) is 1.86. The zero-order valence-electron chi connectivity index (χ0n) is 12.0. The Hall–Kier alpha value is -0.370. The van der Waals surface area contributed by atoms with Crippen molar-refractivity contribution < 1.29 is 9.53 Å². The van der Waals surface area contributed by atoms with Gasteiger partial charge in [-0.3, -0.25) is 4.79 Å². The predicted octanol–water partition coefficient (Wildman–Crippen LogP) is 4.37. The molecule has 0 N–H and O–H groups in total. The molecule has 0 saturated heterocycles. The van der Waals surface area contributed by atoms with E-state index in [9.17, 15) is 4.79 Å². The first-order valence-corrected chi connectivity index (χ1v) is 7.20. The molecule has 0 unspecified atom stereocenters. The maximum atomic E-state index is 10.6. The highest BCUT2D eigenvalue weighted by Gasteiger charge is 1.96. The highest BCUT2D eigenvalue weighted by molar-refractivity contribution is 5.76. The average Bonchev–Trinajstić information content (AvgIpc) is 2.25. The molecule has 0 spiro atoms. The molecule has 0 aliphatic heterocycles. The number of Topliss-reactive ketones (excluding diaryl/α,β-unsaturated/α-hetero) is 1. The van der Waals surface area contributed by atoms with Crippen LogP contribution in [-0.2, 0) is 9.53 Å². The molecule has 0 aromatic carbocycles. The van der Waals surface area contributed by atoms with Gasteiger partial charge >= 0.3 is 0 Å². The molecular weight excluding hydrogens is 212 g/mol. The summed E-state index contributed by atoms with van der Waals surface area (Å²) < 4.78 is 5.22. The SMILES string of the molecule is CC(=O)COCCCCCCCCCC(C)C. The number of rotatable bonds is 12. The molecule has 0 amide bonds. The quantitative estimate of drug-likeness (QED) is 0.475. The Morgan fingerprint density at radius 1 is 0.941 bits per heavy atom. The lowest BCUT2D eigenvalue weighted by molar-refractivity contribution is -0.121. The molecule has 0 aliphatic rings. The minimum absolute atomic E-state index is 0.121. The summed E-state index contributed by atoms with van der Waals surface area (Å²) >= 11 is 0. The highest BCUT2D eigenvalue weighted by atomic mass is 16.5. The zero-order valence-corrected chi connectivity index (χ0v) is 12.0. The van der Waals surface area contributed by atoms with E-state index in [0.717, 1.165) is 18.9 Å². The van der Waals surface area contributed by atoms with Crippen LogP contribution in [0.4, 0.5) is 0 Å². The van der Waals surface area contributed by atoms with Crippen LogP contribution in [-0.4, -0.2) is 19.0 Å². The van der Waals surface area contributed by atoms with Crippen LogP contribution < -0.4 is 0 Å². The third kappa shape index (κ3) is 15.6. The normalized spacial score (nSPS) is 11.1. The molecule has 0 aromatic rings. The van der Waals surface area contributed by atoms with Crippen LogP contribution in [0.2, 0.25) is 0 Å². The molecule has 0 heterocycles. The summed E-state index contributed by atoms with van der Waals surface area (Å²) in [6, 6.07) is 0. The third-order valence-corrected chi connectivity index (χ3v) is 2.88. The summed E-state index contributed by atoms with van der Waals surface area (Å²) in [5.74, 6) is 0.976. The van der Waals surface area contributed by atoms with Gasteiger partial charge in [-0.1, -0.05) is 58.8 Å². The Balaban J connectivity index is 2.96. The maximum absolute atomic E-state index is 10.6. The minimum Gasteiger partial charge on any atom is -0.374 e. The first kappa shape index (κ1) is 16.6. The van der Waals surface area contributed by atoms with E-state index in [4.69, 9.17) is 4.74 Å². The molecule has 0 rings (SSSR count). The van der Waals surface area contributed by atoms with Crippen LogP contribution in [0.1, 0.15) is 72.1 Å². The molecule has 0 radical (unpaired) electrons. The lowest BCUT2D eigenvalue weighted by atomic mass is 10.0. The van der Waals surface area contributed by atoms with Gasteiger partial charge in [-0.05, 0) is 19.3 Å². The van der Waals surface area contributed by atoms with Gasteiger partial charge in [-0.2, -0.15) is 0 Å². The van der Waals surface area contributed by atoms with Crippen LogP contribution >= 0.6 is 0 Å². The van der Waals surface area contributed by atoms with Crippen molar-refractivity contribution in [3.05, 3.63) is 0 Å². The number of hydrogen-bond donors (Lipinski definition) is 0. The van der Waals surface area contributed by atoms with Crippen molar-refractivity contribution in [2.45, 2.75) is 72.1 Å². The van der Waals surface area contributed by atoms with E-state index in [1.165, 1.54) is 44.9 Å². The van der Waals surface area contributed by atoms with Crippen LogP contribution in [0, 0.1) is 5.92 Å². The third-order valence-electron chi connectivity index (χ3n) is 2.88. The van der Waals surface area contributed by atoms with E-state index in [2.05, 4.69) is 13.8 Å². The van der Waals surface area contributed by atoms with Crippen molar-refractivity contribution in [1.82, 2.24) is 0 Å². The first-order valence-electron chi connectivity index (χ1n) is 7.20. The fraction of sp³-hybridized carbons (Fsp3) is 0.933. The number of ketones is 1. The van der Waals surface area contributed by atoms with Crippen molar-refractivity contribution in [2.24, 2.45) is 5.92 Å². The smallest absolute Gasteiger partial charge is 0.155 e. The number of carbonyl (C=O) groups is 1. The van der Waals surface area contributed by atoms with Crippen LogP contribution in [0.3, 0.4) is 0 Å². The van der Waals surface area contributed by atoms with E-state index in [1.54, 1.807) is 6.92 Å². The second kappa shape index (κ2) is 12.1. The monoisotopic (exact) mass is 242 g/mol. The van der Waals surface area contributed by atoms with Crippen molar-refractivity contribution >= 4 is 5.78 Å². The lowest BCUT2D eigenvalue weighted by Crippen LogP contribution is -2.04. The standard InChI is InChI=1S/C15H30O2/c1-14(2)11-9-7-5-4-6-8-10-12-17-13-15(3)16/h14H,4-13H2,1-3H3. The molecule has 0 aliphatic carbocycles. The molecule has 17 heavy (non-hydrogen) atoms. The Morgan fingerprint density at radius 3 is 2.00 bits per heavy atom. The lowest BCUT2D eigenvalue weighted by Gasteiger charge is -2.04. The minimum atomic E-state index is 0.121. The highest BCUT2D eigenvalue weighted by Crippen LogP contribution is 2.11. The molecule has 0 atom stereocenters. The largest absolute Gasteiger partial charge is 0.374 e. The first-order chi connectivity index (χ1) is 8.13. The maximum Gasteiger partial charge on any atom is 0.155 e. The Labute approximate surface area is 107 Å². The number of carbonyl (C=O) groups excluding carboxylic acids is 1. The Morgan fingerprint density at radius 2 is 1.47 bits per heavy atom. The summed E-state index contributed by atoms with van der Waals surface area (Å²) in [6.45, 7) is 7.18. The number of ether oxygens (including phenoxy) is 1. The molecular formula is C15H30O2. The van der Waals surface area contributed by atoms with Gasteiger partial charge in [0.25, 0.3) is 0 Å². The molecule has 0 fully saturated rings. The number of unbranched alkanes of at least 4 members (excludes halogenated alkanes) is 6. The van der Waals surface area contributed by atoms with Gasteiger partial charge in [-0.15, -0.1) is 0 Å². The van der Waals surface area contributed by atoms with Crippen LogP contribution in [0.15, 0.2) is 0 Å². The van der Waals surface area contributed by atoms with E-state index >= 15 is 0 Å². The van der Waals surface area contributed by atoms with Crippen molar-refractivity contribution in [2.75, 3.05) is 13.2 Å². The molecule has 0 saturated carbocycles. The van der Waals surface area contributed by atoms with E-state index in [-0.39, 0.29) is 12.4 Å². The van der Waals surface area contributed by atoms with Gasteiger partial charge in [0.15, 0.2) is 5.78 Å². The fourth-order valence-corrected chi connectivity index (χ4v) is 1.86. The Bertz CT molecular complexity index is 176. The molecule has 2 nitrogen and oxygen atoms in total. The van der Waals surface area contributed by atoms with Gasteiger partial charge in [0.2, 0.25) is 0 Å². The van der Waals surface area contributed by atoms with E-state index < -0.39 is 0 Å². The van der Waals surface area contributed by atoms with Gasteiger partial charge in [-0.25, -0.2) is 0 Å². The van der Waals surface area contributed by atoms with Gasteiger partial charge < -0.3 is 4.74 Å². The van der Waals surface area contributed by atoms with Gasteiger partial charge in [0.05, 0.1) is 0 Å². The summed E-state index contributed by atoms with van der Waals surface area (Å²) in [5, 5.41) is 0.